The van der Waals surface area contributed by atoms with E-state index in [0.29, 0.717) is 30.3 Å². The van der Waals surface area contributed by atoms with Crippen molar-refractivity contribution < 1.29 is 13.6 Å². The predicted octanol–water partition coefficient (Wildman–Crippen LogP) is 5.09. The molecule has 9 heteroatoms. The monoisotopic (exact) mass is 512 g/mol. The first-order chi connectivity index (χ1) is 17.1. The number of benzene rings is 1. The van der Waals surface area contributed by atoms with Crippen molar-refractivity contribution >= 4 is 17.5 Å². The number of aryl methyl sites for hydroxylation is 1. The summed E-state index contributed by atoms with van der Waals surface area (Å²) >= 11 is 5.86. The van der Waals surface area contributed by atoms with Gasteiger partial charge >= 0.3 is 5.92 Å². The number of fused-ring (bicyclic) bond motifs is 1. The van der Waals surface area contributed by atoms with Gasteiger partial charge in [0.2, 0.25) is 0 Å². The highest BCUT2D eigenvalue weighted by Gasteiger charge is 2.49. The van der Waals surface area contributed by atoms with E-state index < -0.39 is 22.8 Å². The summed E-state index contributed by atoms with van der Waals surface area (Å²) in [6.07, 6.45) is 6.21. The van der Waals surface area contributed by atoms with Gasteiger partial charge < -0.3 is 9.88 Å². The predicted molar refractivity (Wildman–Crippen MR) is 132 cm³/mol. The van der Waals surface area contributed by atoms with E-state index in [1.807, 2.05) is 12.4 Å². The summed E-state index contributed by atoms with van der Waals surface area (Å²) in [4.78, 5) is 39.3. The molecule has 0 radical (unpaired) electrons. The SMILES string of the molecule is CC(C)c1cncc(C2(c3nc4c(c(=O)[nH]3)CN(C(=O)C(F)(F)c3cccc(Cl)c3)CCC4)CC2)c1. The fourth-order valence-corrected chi connectivity index (χ4v) is 5.04. The largest absolute Gasteiger partial charge is 0.350 e. The van der Waals surface area contributed by atoms with Crippen LogP contribution in [-0.4, -0.2) is 32.3 Å². The molecule has 1 aromatic carbocycles. The number of halogens is 3. The second-order valence-corrected chi connectivity index (χ2v) is 10.4. The van der Waals surface area contributed by atoms with E-state index in [1.165, 1.54) is 18.2 Å². The number of pyridine rings is 1. The van der Waals surface area contributed by atoms with Crippen molar-refractivity contribution in [2.45, 2.75) is 63.3 Å². The number of aromatic nitrogens is 3. The average Bonchev–Trinajstić information content (AvgIpc) is 3.68. The van der Waals surface area contributed by atoms with Crippen molar-refractivity contribution in [3.8, 4) is 0 Å². The third kappa shape index (κ3) is 4.32. The molecule has 0 unspecified atom stereocenters. The molecule has 3 heterocycles. The zero-order valence-corrected chi connectivity index (χ0v) is 20.9. The summed E-state index contributed by atoms with van der Waals surface area (Å²) in [7, 11) is 0. The topological polar surface area (TPSA) is 79.0 Å². The summed E-state index contributed by atoms with van der Waals surface area (Å²) in [5.74, 6) is -4.21. The first-order valence-electron chi connectivity index (χ1n) is 12.1. The third-order valence-corrected chi connectivity index (χ3v) is 7.45. The Hall–Kier alpha value is -3.13. The van der Waals surface area contributed by atoms with Crippen molar-refractivity contribution in [2.24, 2.45) is 0 Å². The van der Waals surface area contributed by atoms with E-state index in [9.17, 15) is 9.59 Å². The van der Waals surface area contributed by atoms with Crippen LogP contribution in [0.4, 0.5) is 8.78 Å². The molecule has 1 aliphatic carbocycles. The summed E-state index contributed by atoms with van der Waals surface area (Å²) in [6.45, 7) is 4.09. The second-order valence-electron chi connectivity index (χ2n) is 10.00. The van der Waals surface area contributed by atoms with Gasteiger partial charge in [0, 0.05) is 29.5 Å². The lowest BCUT2D eigenvalue weighted by Crippen LogP contribution is -2.42. The number of rotatable bonds is 5. The highest BCUT2D eigenvalue weighted by atomic mass is 35.5. The number of amides is 1. The van der Waals surface area contributed by atoms with Crippen LogP contribution in [-0.2, 0) is 29.1 Å². The highest BCUT2D eigenvalue weighted by molar-refractivity contribution is 6.30. The van der Waals surface area contributed by atoms with Crippen molar-refractivity contribution in [2.75, 3.05) is 6.54 Å². The fourth-order valence-electron chi connectivity index (χ4n) is 4.85. The average molecular weight is 513 g/mol. The summed E-state index contributed by atoms with van der Waals surface area (Å²) in [6, 6.07) is 7.23. The molecule has 1 N–H and O–H groups in total. The van der Waals surface area contributed by atoms with Crippen LogP contribution in [0, 0.1) is 0 Å². The highest BCUT2D eigenvalue weighted by Crippen LogP contribution is 2.52. The number of hydrogen-bond acceptors (Lipinski definition) is 4. The van der Waals surface area contributed by atoms with E-state index in [-0.39, 0.29) is 29.2 Å². The Morgan fingerprint density at radius 1 is 1.22 bits per heavy atom. The molecular formula is C27H27ClF2N4O2. The Kier molecular flexibility index (Phi) is 6.19. The number of hydrogen-bond donors (Lipinski definition) is 1. The van der Waals surface area contributed by atoms with Gasteiger partial charge in [-0.3, -0.25) is 14.6 Å². The number of aromatic amines is 1. The Labute approximate surface area is 212 Å². The Bertz CT molecular complexity index is 1380. The first kappa shape index (κ1) is 24.6. The standard InChI is InChI=1S/C27H27ClF2N4O2/c1-16(2)17-11-19(14-31-13-17)26(8-9-26)24-32-22-7-4-10-34(15-21(22)23(35)33-24)25(36)27(29,30)18-5-3-6-20(28)12-18/h3,5-6,11-14,16H,4,7-10,15H2,1-2H3,(H,32,33,35). The summed E-state index contributed by atoms with van der Waals surface area (Å²) in [5, 5.41) is 0.123. The van der Waals surface area contributed by atoms with Gasteiger partial charge in [-0.25, -0.2) is 4.98 Å². The molecule has 2 aliphatic rings. The van der Waals surface area contributed by atoms with Crippen molar-refractivity contribution in [3.05, 3.63) is 91.9 Å². The van der Waals surface area contributed by atoms with Crippen molar-refractivity contribution in [1.29, 1.82) is 0 Å². The molecule has 0 spiro atoms. The van der Waals surface area contributed by atoms with Crippen LogP contribution in [0.2, 0.25) is 5.02 Å². The van der Waals surface area contributed by atoms with E-state index in [0.717, 1.165) is 34.9 Å². The minimum Gasteiger partial charge on any atom is -0.333 e. The van der Waals surface area contributed by atoms with Crippen LogP contribution in [0.25, 0.3) is 0 Å². The molecule has 0 saturated heterocycles. The number of H-pyrrole nitrogens is 1. The molecule has 5 rings (SSSR count). The lowest BCUT2D eigenvalue weighted by Gasteiger charge is -2.26. The minimum atomic E-state index is -3.76. The zero-order valence-electron chi connectivity index (χ0n) is 20.2. The fraction of sp³-hybridized carbons (Fsp3) is 0.407. The quantitative estimate of drug-likeness (QED) is 0.516. The van der Waals surface area contributed by atoms with Crippen LogP contribution < -0.4 is 5.56 Å². The van der Waals surface area contributed by atoms with Crippen LogP contribution in [0.15, 0.2) is 47.5 Å². The maximum Gasteiger partial charge on any atom is 0.350 e. The van der Waals surface area contributed by atoms with Gasteiger partial charge in [0.25, 0.3) is 11.5 Å². The van der Waals surface area contributed by atoms with E-state index in [4.69, 9.17) is 16.6 Å². The maximum atomic E-state index is 15.1. The molecule has 0 atom stereocenters. The molecule has 36 heavy (non-hydrogen) atoms. The number of alkyl halides is 2. The molecule has 3 aromatic rings. The molecular weight excluding hydrogens is 486 g/mol. The van der Waals surface area contributed by atoms with Crippen molar-refractivity contribution in [3.63, 3.8) is 0 Å². The number of nitrogens with zero attached hydrogens (tertiary/aromatic N) is 3. The molecule has 1 saturated carbocycles. The molecule has 0 bridgehead atoms. The molecule has 2 aromatic heterocycles. The van der Waals surface area contributed by atoms with Gasteiger partial charge in [-0.1, -0.05) is 43.6 Å². The maximum absolute atomic E-state index is 15.1. The van der Waals surface area contributed by atoms with Gasteiger partial charge in [0.15, 0.2) is 0 Å². The molecule has 6 nitrogen and oxygen atoms in total. The normalized spacial score (nSPS) is 17.0. The van der Waals surface area contributed by atoms with Crippen LogP contribution in [0.1, 0.15) is 72.8 Å². The Balaban J connectivity index is 1.45. The van der Waals surface area contributed by atoms with E-state index in [2.05, 4.69) is 29.9 Å². The van der Waals surface area contributed by atoms with E-state index >= 15 is 8.78 Å². The number of carbonyl (C=O) groups is 1. The van der Waals surface area contributed by atoms with Crippen molar-refractivity contribution in [1.82, 2.24) is 19.9 Å². The second kappa shape index (κ2) is 9.07. The molecule has 188 valence electrons. The molecule has 1 amide bonds. The number of nitrogens with one attached hydrogen (secondary N) is 1. The lowest BCUT2D eigenvalue weighted by atomic mass is 9.93. The smallest absolute Gasteiger partial charge is 0.333 e. The summed E-state index contributed by atoms with van der Waals surface area (Å²) in [5.41, 5.74) is 1.70. The van der Waals surface area contributed by atoms with Gasteiger partial charge in [0.1, 0.15) is 5.82 Å². The van der Waals surface area contributed by atoms with Crippen LogP contribution >= 0.6 is 11.6 Å². The third-order valence-electron chi connectivity index (χ3n) is 7.22. The van der Waals surface area contributed by atoms with Crippen LogP contribution in [0.5, 0.6) is 0 Å². The Morgan fingerprint density at radius 2 is 2.00 bits per heavy atom. The lowest BCUT2D eigenvalue weighted by molar-refractivity contribution is -0.159. The zero-order chi connectivity index (χ0) is 25.7. The summed E-state index contributed by atoms with van der Waals surface area (Å²) < 4.78 is 30.1. The van der Waals surface area contributed by atoms with E-state index in [1.54, 1.807) is 0 Å². The Morgan fingerprint density at radius 3 is 2.69 bits per heavy atom. The first-order valence-corrected chi connectivity index (χ1v) is 12.5. The molecule has 1 fully saturated rings. The van der Waals surface area contributed by atoms with Gasteiger partial charge in [-0.2, -0.15) is 8.78 Å². The van der Waals surface area contributed by atoms with Gasteiger partial charge in [-0.15, -0.1) is 0 Å². The minimum absolute atomic E-state index is 0.103. The molecule has 1 aliphatic heterocycles. The van der Waals surface area contributed by atoms with Gasteiger partial charge in [0.05, 0.1) is 23.2 Å². The van der Waals surface area contributed by atoms with Crippen LogP contribution in [0.3, 0.4) is 0 Å². The van der Waals surface area contributed by atoms with Gasteiger partial charge in [-0.05, 0) is 54.9 Å². The number of carbonyl (C=O) groups excluding carboxylic acids is 1.